The van der Waals surface area contributed by atoms with Gasteiger partial charge in [0.25, 0.3) is 5.91 Å². The van der Waals surface area contributed by atoms with Gasteiger partial charge in [0.1, 0.15) is 0 Å². The normalized spacial score (nSPS) is 14.5. The van der Waals surface area contributed by atoms with Gasteiger partial charge in [-0.05, 0) is 43.5 Å². The molecule has 0 bridgehead atoms. The number of fused-ring (bicyclic) bond motifs is 1. The molecule has 3 aromatic rings. The van der Waals surface area contributed by atoms with Gasteiger partial charge in [0.15, 0.2) is 11.7 Å². The molecule has 1 saturated heterocycles. The summed E-state index contributed by atoms with van der Waals surface area (Å²) in [5.74, 6) is 1.29. The molecule has 0 saturated carbocycles. The molecule has 8 heteroatoms. The van der Waals surface area contributed by atoms with Crippen LogP contribution in [0.4, 0.5) is 0 Å². The fraction of sp³-hybridized carbons (Fsp3) is 0.391. The minimum atomic E-state index is -0.0414. The van der Waals surface area contributed by atoms with Gasteiger partial charge < -0.3 is 24.5 Å². The van der Waals surface area contributed by atoms with Crippen LogP contribution >= 0.6 is 24.0 Å². The highest BCUT2D eigenvalue weighted by atomic mass is 127. The number of aromatic amines is 1. The number of hydrogen-bond donors (Lipinski definition) is 2. The second-order valence-corrected chi connectivity index (χ2v) is 7.46. The van der Waals surface area contributed by atoms with Gasteiger partial charge in [-0.15, -0.1) is 24.0 Å². The zero-order valence-corrected chi connectivity index (χ0v) is 20.2. The minimum Gasteiger partial charge on any atom is -0.459 e. The lowest BCUT2D eigenvalue weighted by Crippen LogP contribution is -2.53. The number of nitrogens with one attached hydrogen (secondary N) is 2. The summed E-state index contributed by atoms with van der Waals surface area (Å²) < 4.78 is 5.24. The molecule has 3 heterocycles. The van der Waals surface area contributed by atoms with E-state index in [4.69, 9.17) is 9.41 Å². The number of benzene rings is 1. The molecule has 0 aliphatic carbocycles. The van der Waals surface area contributed by atoms with Crippen molar-refractivity contribution >= 4 is 46.7 Å². The Morgan fingerprint density at radius 1 is 1.13 bits per heavy atom. The lowest BCUT2D eigenvalue weighted by atomic mass is 10.1. The fourth-order valence-electron chi connectivity index (χ4n) is 3.90. The Hall–Kier alpha value is -2.49. The van der Waals surface area contributed by atoms with Crippen LogP contribution in [-0.4, -0.2) is 65.9 Å². The Morgan fingerprint density at radius 3 is 2.65 bits per heavy atom. The van der Waals surface area contributed by atoms with Crippen molar-refractivity contribution in [3.05, 3.63) is 60.2 Å². The molecular formula is C23H30IN5O2. The third-order valence-corrected chi connectivity index (χ3v) is 5.47. The largest absolute Gasteiger partial charge is 0.459 e. The van der Waals surface area contributed by atoms with Crippen LogP contribution in [0.3, 0.4) is 0 Å². The summed E-state index contributed by atoms with van der Waals surface area (Å²) in [6, 6.07) is 11.9. The van der Waals surface area contributed by atoms with E-state index in [0.717, 1.165) is 45.0 Å². The Bertz CT molecular complexity index is 990. The number of hydrogen-bond acceptors (Lipinski definition) is 3. The molecule has 4 rings (SSSR count). The van der Waals surface area contributed by atoms with E-state index in [1.54, 1.807) is 12.1 Å². The maximum absolute atomic E-state index is 12.4. The molecule has 31 heavy (non-hydrogen) atoms. The number of furan rings is 1. The Morgan fingerprint density at radius 2 is 1.90 bits per heavy atom. The van der Waals surface area contributed by atoms with Crippen molar-refractivity contribution in [2.75, 3.05) is 39.3 Å². The molecule has 7 nitrogen and oxygen atoms in total. The number of guanidine groups is 1. The van der Waals surface area contributed by atoms with Crippen LogP contribution < -0.4 is 5.32 Å². The molecule has 1 aliphatic rings. The molecule has 1 aliphatic heterocycles. The SMILES string of the molecule is CCNC(=NCCCc1c[nH]c2ccccc12)N1CCN(C(=O)c2ccco2)CC1.I. The number of H-pyrrole nitrogens is 1. The first kappa shape index (κ1) is 23.2. The van der Waals surface area contributed by atoms with E-state index in [2.05, 4.69) is 52.6 Å². The summed E-state index contributed by atoms with van der Waals surface area (Å²) >= 11 is 0. The van der Waals surface area contributed by atoms with Crippen molar-refractivity contribution in [1.82, 2.24) is 20.1 Å². The molecule has 0 spiro atoms. The molecule has 2 aromatic heterocycles. The first-order chi connectivity index (χ1) is 14.8. The van der Waals surface area contributed by atoms with E-state index in [1.165, 1.54) is 22.7 Å². The van der Waals surface area contributed by atoms with Crippen molar-refractivity contribution in [1.29, 1.82) is 0 Å². The van der Waals surface area contributed by atoms with Crippen molar-refractivity contribution in [3.8, 4) is 0 Å². The van der Waals surface area contributed by atoms with Crippen LogP contribution in [0.15, 0.2) is 58.3 Å². The number of para-hydroxylation sites is 1. The Kier molecular flexibility index (Phi) is 8.39. The zero-order valence-electron chi connectivity index (χ0n) is 17.8. The highest BCUT2D eigenvalue weighted by Gasteiger charge is 2.25. The summed E-state index contributed by atoms with van der Waals surface area (Å²) in [6.45, 7) is 6.54. The first-order valence-corrected chi connectivity index (χ1v) is 10.7. The van der Waals surface area contributed by atoms with E-state index in [1.807, 2.05) is 4.90 Å². The van der Waals surface area contributed by atoms with Gasteiger partial charge in [-0.2, -0.15) is 0 Å². The van der Waals surface area contributed by atoms with Gasteiger partial charge in [-0.25, -0.2) is 0 Å². The number of carbonyl (C=O) groups excluding carboxylic acids is 1. The van der Waals surface area contributed by atoms with Gasteiger partial charge in [0.05, 0.1) is 6.26 Å². The number of rotatable bonds is 6. The van der Waals surface area contributed by atoms with E-state index < -0.39 is 0 Å². The number of aryl methyl sites for hydroxylation is 1. The Balaban J connectivity index is 0.00000272. The third-order valence-electron chi connectivity index (χ3n) is 5.47. The maximum atomic E-state index is 12.4. The molecule has 1 aromatic carbocycles. The smallest absolute Gasteiger partial charge is 0.289 e. The number of nitrogens with zero attached hydrogens (tertiary/aromatic N) is 3. The van der Waals surface area contributed by atoms with Gasteiger partial charge >= 0.3 is 0 Å². The molecule has 2 N–H and O–H groups in total. The summed E-state index contributed by atoms with van der Waals surface area (Å²) in [7, 11) is 0. The Labute approximate surface area is 199 Å². The van der Waals surface area contributed by atoms with Crippen LogP contribution in [0, 0.1) is 0 Å². The monoisotopic (exact) mass is 535 g/mol. The lowest BCUT2D eigenvalue weighted by molar-refractivity contribution is 0.0657. The van der Waals surface area contributed by atoms with Crippen molar-refractivity contribution < 1.29 is 9.21 Å². The molecule has 0 atom stereocenters. The standard InChI is InChI=1S/C23H29N5O2.HI/c1-2-24-23(25-11-5-7-18-17-26-20-9-4-3-8-19(18)20)28-14-12-27(13-15-28)22(29)21-10-6-16-30-21;/h3-4,6,8-10,16-17,26H,2,5,7,11-15H2,1H3,(H,24,25);1H. The zero-order chi connectivity index (χ0) is 20.8. The average Bonchev–Trinajstić information content (AvgIpc) is 3.46. The number of piperazine rings is 1. The third kappa shape index (κ3) is 5.61. The van der Waals surface area contributed by atoms with E-state index in [0.29, 0.717) is 18.8 Å². The van der Waals surface area contributed by atoms with Gasteiger partial charge in [-0.3, -0.25) is 9.79 Å². The highest BCUT2D eigenvalue weighted by Crippen LogP contribution is 2.19. The summed E-state index contributed by atoms with van der Waals surface area (Å²) in [4.78, 5) is 24.7. The van der Waals surface area contributed by atoms with E-state index in [-0.39, 0.29) is 29.9 Å². The number of carbonyl (C=O) groups is 1. The first-order valence-electron chi connectivity index (χ1n) is 10.7. The predicted molar refractivity (Wildman–Crippen MR) is 134 cm³/mol. The topological polar surface area (TPSA) is 76.9 Å². The number of amides is 1. The molecule has 166 valence electrons. The van der Waals surface area contributed by atoms with Crippen LogP contribution in [0.25, 0.3) is 10.9 Å². The predicted octanol–water partition coefficient (Wildman–Crippen LogP) is 3.74. The molecular weight excluding hydrogens is 505 g/mol. The highest BCUT2D eigenvalue weighted by molar-refractivity contribution is 14.0. The molecule has 1 amide bonds. The van der Waals surface area contributed by atoms with Crippen molar-refractivity contribution in [2.45, 2.75) is 19.8 Å². The van der Waals surface area contributed by atoms with Crippen molar-refractivity contribution in [3.63, 3.8) is 0 Å². The summed E-state index contributed by atoms with van der Waals surface area (Å²) in [5, 5.41) is 4.69. The van der Waals surface area contributed by atoms with Gasteiger partial charge in [-0.1, -0.05) is 18.2 Å². The molecule has 0 radical (unpaired) electrons. The quantitative estimate of drug-likeness (QED) is 0.218. The van der Waals surface area contributed by atoms with Crippen LogP contribution in [-0.2, 0) is 6.42 Å². The second-order valence-electron chi connectivity index (χ2n) is 7.46. The average molecular weight is 535 g/mol. The van der Waals surface area contributed by atoms with Crippen LogP contribution in [0.1, 0.15) is 29.5 Å². The number of halogens is 1. The summed E-state index contributed by atoms with van der Waals surface area (Å²) in [5.41, 5.74) is 2.53. The maximum Gasteiger partial charge on any atom is 0.289 e. The van der Waals surface area contributed by atoms with Gasteiger partial charge in [0.2, 0.25) is 0 Å². The minimum absolute atomic E-state index is 0. The number of aromatic nitrogens is 1. The van der Waals surface area contributed by atoms with Gasteiger partial charge in [0, 0.05) is 56.4 Å². The molecule has 1 fully saturated rings. The van der Waals surface area contributed by atoms with Crippen molar-refractivity contribution in [2.24, 2.45) is 4.99 Å². The lowest BCUT2D eigenvalue weighted by Gasteiger charge is -2.36. The van der Waals surface area contributed by atoms with E-state index in [9.17, 15) is 4.79 Å². The van der Waals surface area contributed by atoms with Crippen LogP contribution in [0.2, 0.25) is 0 Å². The van der Waals surface area contributed by atoms with E-state index >= 15 is 0 Å². The second kappa shape index (κ2) is 11.2. The molecule has 0 unspecified atom stereocenters. The summed E-state index contributed by atoms with van der Waals surface area (Å²) in [6.07, 6.45) is 5.64. The number of aliphatic imine (C=N–C) groups is 1. The van der Waals surface area contributed by atoms with Crippen LogP contribution in [0.5, 0.6) is 0 Å². The fourth-order valence-corrected chi connectivity index (χ4v) is 3.90.